The zero-order valence-electron chi connectivity index (χ0n) is 8.08. The lowest BCUT2D eigenvalue weighted by Crippen LogP contribution is -2.07. The molecular weight excluding hydrogens is 233 g/mol. The van der Waals surface area contributed by atoms with Gasteiger partial charge in [0.05, 0.1) is 0 Å². The van der Waals surface area contributed by atoms with Crippen LogP contribution in [0.5, 0.6) is 0 Å². The molecule has 0 saturated heterocycles. The molecule has 1 N–H and O–H groups in total. The number of H-pyrrole nitrogens is 1. The van der Waals surface area contributed by atoms with Crippen LogP contribution in [0.15, 0.2) is 24.5 Å². The molecule has 6 heteroatoms. The van der Waals surface area contributed by atoms with Crippen LogP contribution in [0.25, 0.3) is 0 Å². The van der Waals surface area contributed by atoms with Gasteiger partial charge in [0.1, 0.15) is 12.1 Å². The minimum absolute atomic E-state index is 0.0966. The maximum absolute atomic E-state index is 13.4. The van der Waals surface area contributed by atoms with E-state index in [2.05, 4.69) is 15.2 Å². The third-order valence-corrected chi connectivity index (χ3v) is 2.43. The van der Waals surface area contributed by atoms with Crippen LogP contribution >= 0.6 is 11.6 Å². The number of Topliss-reactive ketones (excluding diaryl/α,β-unsaturated/α-hetero) is 1. The van der Waals surface area contributed by atoms with E-state index in [1.54, 1.807) is 0 Å². The van der Waals surface area contributed by atoms with Gasteiger partial charge in [0.15, 0.2) is 5.82 Å². The van der Waals surface area contributed by atoms with E-state index in [1.165, 1.54) is 24.5 Å². The summed E-state index contributed by atoms with van der Waals surface area (Å²) in [6.07, 6.45) is 1.08. The number of carbonyl (C=O) groups excluding carboxylic acids is 1. The average molecular weight is 240 g/mol. The summed E-state index contributed by atoms with van der Waals surface area (Å²) in [5, 5.41) is 6.20. The summed E-state index contributed by atoms with van der Waals surface area (Å²) >= 11 is 5.80. The Bertz CT molecular complexity index is 493. The topological polar surface area (TPSA) is 58.6 Å². The molecule has 0 amide bonds. The molecule has 1 aromatic carbocycles. The molecule has 0 aliphatic carbocycles. The lowest BCUT2D eigenvalue weighted by molar-refractivity contribution is 0.0982. The smallest absolute Gasteiger partial charge is 0.204 e. The molecule has 0 radical (unpaired) electrons. The maximum Gasteiger partial charge on any atom is 0.204 e. The average Bonchev–Trinajstić information content (AvgIpc) is 2.76. The third kappa shape index (κ3) is 2.09. The highest BCUT2D eigenvalue weighted by Crippen LogP contribution is 2.20. The van der Waals surface area contributed by atoms with Crippen molar-refractivity contribution in [1.29, 1.82) is 0 Å². The lowest BCUT2D eigenvalue weighted by Gasteiger charge is -2.03. The van der Waals surface area contributed by atoms with Crippen LogP contribution in [0.2, 0.25) is 5.02 Å². The fraction of sp³-hybridized carbons (Fsp3) is 0.100. The number of halogens is 2. The van der Waals surface area contributed by atoms with Crippen molar-refractivity contribution in [1.82, 2.24) is 15.2 Å². The van der Waals surface area contributed by atoms with Crippen molar-refractivity contribution in [2.24, 2.45) is 0 Å². The minimum atomic E-state index is -0.500. The van der Waals surface area contributed by atoms with Gasteiger partial charge in [-0.1, -0.05) is 17.7 Å². The van der Waals surface area contributed by atoms with Gasteiger partial charge < -0.3 is 0 Å². The van der Waals surface area contributed by atoms with Crippen molar-refractivity contribution in [2.45, 2.75) is 6.42 Å². The zero-order valence-corrected chi connectivity index (χ0v) is 8.83. The summed E-state index contributed by atoms with van der Waals surface area (Å²) in [6.45, 7) is 0. The molecule has 0 aliphatic heterocycles. The molecule has 0 fully saturated rings. The summed E-state index contributed by atoms with van der Waals surface area (Å²) in [6, 6.07) is 4.28. The minimum Gasteiger partial charge on any atom is -0.290 e. The molecule has 0 aliphatic rings. The van der Waals surface area contributed by atoms with E-state index in [0.717, 1.165) is 0 Å². The van der Waals surface area contributed by atoms with Crippen LogP contribution in [0, 0.1) is 5.82 Å². The Kier molecular flexibility index (Phi) is 2.96. The first-order chi connectivity index (χ1) is 7.68. The first-order valence-corrected chi connectivity index (χ1v) is 4.87. The number of nitrogens with zero attached hydrogens (tertiary/aromatic N) is 2. The molecule has 0 atom stereocenters. The second-order valence-corrected chi connectivity index (χ2v) is 3.54. The molecule has 0 unspecified atom stereocenters. The van der Waals surface area contributed by atoms with Crippen LogP contribution in [-0.2, 0) is 6.42 Å². The molecule has 2 aromatic rings. The molecule has 16 heavy (non-hydrogen) atoms. The van der Waals surface area contributed by atoms with E-state index in [9.17, 15) is 9.18 Å². The van der Waals surface area contributed by atoms with E-state index in [0.29, 0.717) is 0 Å². The number of hydrogen-bond acceptors (Lipinski definition) is 3. The van der Waals surface area contributed by atoms with E-state index in [1.807, 2.05) is 0 Å². The van der Waals surface area contributed by atoms with Crippen LogP contribution in [-0.4, -0.2) is 21.0 Å². The van der Waals surface area contributed by atoms with Crippen molar-refractivity contribution >= 4 is 17.4 Å². The van der Waals surface area contributed by atoms with E-state index in [-0.39, 0.29) is 28.6 Å². The highest BCUT2D eigenvalue weighted by molar-refractivity contribution is 6.31. The highest BCUT2D eigenvalue weighted by Gasteiger charge is 2.15. The fourth-order valence-corrected chi connectivity index (χ4v) is 1.52. The summed E-state index contributed by atoms with van der Waals surface area (Å²) in [7, 11) is 0. The van der Waals surface area contributed by atoms with Gasteiger partial charge in [0.25, 0.3) is 0 Å². The number of aromatic amines is 1. The molecular formula is C10H7ClFN3O. The Balaban J connectivity index is 2.25. The van der Waals surface area contributed by atoms with Gasteiger partial charge in [-0.15, -0.1) is 0 Å². The molecule has 82 valence electrons. The van der Waals surface area contributed by atoms with Gasteiger partial charge in [0.2, 0.25) is 5.78 Å². The molecule has 4 nitrogen and oxygen atoms in total. The van der Waals surface area contributed by atoms with Crippen molar-refractivity contribution in [3.05, 3.63) is 46.8 Å². The Morgan fingerprint density at radius 1 is 1.50 bits per heavy atom. The number of nitrogens with one attached hydrogen (secondary N) is 1. The number of ketones is 1. The van der Waals surface area contributed by atoms with E-state index < -0.39 is 5.82 Å². The van der Waals surface area contributed by atoms with Crippen LogP contribution in [0.3, 0.4) is 0 Å². The summed E-state index contributed by atoms with van der Waals surface area (Å²) in [5.74, 6) is -0.760. The van der Waals surface area contributed by atoms with Gasteiger partial charge in [-0.05, 0) is 12.1 Å². The standard InChI is InChI=1S/C10H7ClFN3O/c11-7-2-1-3-8(12)6(7)4-9(16)10-13-5-14-15-10/h1-3,5H,4H2,(H,13,14,15). The van der Waals surface area contributed by atoms with Gasteiger partial charge in [-0.2, -0.15) is 5.10 Å². The fourth-order valence-electron chi connectivity index (χ4n) is 1.29. The Morgan fingerprint density at radius 3 is 2.94 bits per heavy atom. The van der Waals surface area contributed by atoms with E-state index in [4.69, 9.17) is 11.6 Å². The number of benzene rings is 1. The molecule has 0 spiro atoms. The lowest BCUT2D eigenvalue weighted by atomic mass is 10.1. The number of aromatic nitrogens is 3. The molecule has 1 heterocycles. The maximum atomic E-state index is 13.4. The second-order valence-electron chi connectivity index (χ2n) is 3.13. The third-order valence-electron chi connectivity index (χ3n) is 2.08. The number of hydrogen-bond donors (Lipinski definition) is 1. The van der Waals surface area contributed by atoms with Gasteiger partial charge in [0, 0.05) is 17.0 Å². The van der Waals surface area contributed by atoms with Crippen LogP contribution in [0.1, 0.15) is 16.2 Å². The molecule has 2 rings (SSSR count). The SMILES string of the molecule is O=C(Cc1c(F)cccc1Cl)c1ncn[nH]1. The quantitative estimate of drug-likeness (QED) is 0.834. The predicted octanol–water partition coefficient (Wildman–Crippen LogP) is 2.02. The monoisotopic (exact) mass is 239 g/mol. The Hall–Kier alpha value is -1.75. The van der Waals surface area contributed by atoms with Crippen LogP contribution < -0.4 is 0 Å². The first-order valence-electron chi connectivity index (χ1n) is 4.50. The summed E-state index contributed by atoms with van der Waals surface area (Å²) < 4.78 is 13.4. The Labute approximate surface area is 95.5 Å². The van der Waals surface area contributed by atoms with Crippen molar-refractivity contribution in [3.63, 3.8) is 0 Å². The van der Waals surface area contributed by atoms with Gasteiger partial charge >= 0.3 is 0 Å². The number of rotatable bonds is 3. The van der Waals surface area contributed by atoms with Gasteiger partial charge in [-0.25, -0.2) is 9.37 Å². The second kappa shape index (κ2) is 4.40. The zero-order chi connectivity index (χ0) is 11.5. The van der Waals surface area contributed by atoms with Gasteiger partial charge in [-0.3, -0.25) is 9.89 Å². The Morgan fingerprint density at radius 2 is 2.31 bits per heavy atom. The largest absolute Gasteiger partial charge is 0.290 e. The molecule has 0 saturated carbocycles. The molecule has 1 aromatic heterocycles. The van der Waals surface area contributed by atoms with Crippen molar-refractivity contribution in [3.8, 4) is 0 Å². The number of carbonyl (C=O) groups is 1. The molecule has 0 bridgehead atoms. The van der Waals surface area contributed by atoms with E-state index >= 15 is 0 Å². The van der Waals surface area contributed by atoms with Crippen molar-refractivity contribution in [2.75, 3.05) is 0 Å². The summed E-state index contributed by atoms with van der Waals surface area (Å²) in [5.41, 5.74) is 0.172. The van der Waals surface area contributed by atoms with Crippen molar-refractivity contribution < 1.29 is 9.18 Å². The predicted molar refractivity (Wildman–Crippen MR) is 55.8 cm³/mol. The first kappa shape index (κ1) is 10.8. The summed E-state index contributed by atoms with van der Waals surface area (Å²) in [4.78, 5) is 15.3. The normalized spacial score (nSPS) is 10.4. The van der Waals surface area contributed by atoms with Crippen LogP contribution in [0.4, 0.5) is 4.39 Å². The highest BCUT2D eigenvalue weighted by atomic mass is 35.5.